The molecule has 1 aromatic carbocycles. The Kier molecular flexibility index (Phi) is 5.40. The number of hydrogen-bond donors (Lipinski definition) is 1. The van der Waals surface area contributed by atoms with Crippen LogP contribution >= 0.6 is 0 Å². The first-order chi connectivity index (χ1) is 10.0. The Hall–Kier alpha value is -1.35. The summed E-state index contributed by atoms with van der Waals surface area (Å²) in [6.07, 6.45) is 2.05. The summed E-state index contributed by atoms with van der Waals surface area (Å²) in [5.41, 5.74) is 3.79. The lowest BCUT2D eigenvalue weighted by Crippen LogP contribution is -2.26. The van der Waals surface area contributed by atoms with Crippen molar-refractivity contribution in [1.82, 2.24) is 14.9 Å². The van der Waals surface area contributed by atoms with Crippen LogP contribution in [0.2, 0.25) is 0 Å². The van der Waals surface area contributed by atoms with Gasteiger partial charge in [0.1, 0.15) is 5.82 Å². The third-order valence-corrected chi connectivity index (χ3v) is 3.75. The highest BCUT2D eigenvalue weighted by Crippen LogP contribution is 2.20. The highest BCUT2D eigenvalue weighted by molar-refractivity contribution is 5.77. The SMILES string of the molecule is CCc1ccc2c(c1)nc(CCNC(C)C)n2CC(C)C. The molecule has 1 aromatic heterocycles. The fourth-order valence-corrected chi connectivity index (χ4v) is 2.68. The zero-order valence-electron chi connectivity index (χ0n) is 14.1. The lowest BCUT2D eigenvalue weighted by atomic mass is 10.1. The van der Waals surface area contributed by atoms with E-state index in [0.717, 1.165) is 31.4 Å². The lowest BCUT2D eigenvalue weighted by molar-refractivity contribution is 0.507. The number of fused-ring (bicyclic) bond motifs is 1. The van der Waals surface area contributed by atoms with E-state index in [1.54, 1.807) is 0 Å². The van der Waals surface area contributed by atoms with Crippen LogP contribution in [-0.4, -0.2) is 22.1 Å². The first-order valence-electron chi connectivity index (χ1n) is 8.22. The van der Waals surface area contributed by atoms with Gasteiger partial charge in [-0.2, -0.15) is 0 Å². The Balaban J connectivity index is 2.32. The molecule has 0 saturated carbocycles. The lowest BCUT2D eigenvalue weighted by Gasteiger charge is -2.13. The smallest absolute Gasteiger partial charge is 0.111 e. The molecular weight excluding hydrogens is 258 g/mol. The van der Waals surface area contributed by atoms with Crippen LogP contribution < -0.4 is 5.32 Å². The predicted molar refractivity (Wildman–Crippen MR) is 90.8 cm³/mol. The maximum atomic E-state index is 4.89. The second-order valence-electron chi connectivity index (χ2n) is 6.57. The van der Waals surface area contributed by atoms with Crippen molar-refractivity contribution in [3.8, 4) is 0 Å². The number of hydrogen-bond acceptors (Lipinski definition) is 2. The van der Waals surface area contributed by atoms with E-state index in [4.69, 9.17) is 4.98 Å². The minimum absolute atomic E-state index is 0.527. The molecule has 0 saturated heterocycles. The van der Waals surface area contributed by atoms with Crippen LogP contribution in [0.1, 0.15) is 46.0 Å². The van der Waals surface area contributed by atoms with Gasteiger partial charge in [0.2, 0.25) is 0 Å². The molecule has 0 aliphatic rings. The average Bonchev–Trinajstić information content (AvgIpc) is 2.75. The molecule has 0 amide bonds. The van der Waals surface area contributed by atoms with E-state index >= 15 is 0 Å². The van der Waals surface area contributed by atoms with Crippen LogP contribution in [0.5, 0.6) is 0 Å². The van der Waals surface area contributed by atoms with Crippen LogP contribution in [0, 0.1) is 5.92 Å². The third-order valence-electron chi connectivity index (χ3n) is 3.75. The van der Waals surface area contributed by atoms with Gasteiger partial charge in [0.05, 0.1) is 11.0 Å². The maximum Gasteiger partial charge on any atom is 0.111 e. The quantitative estimate of drug-likeness (QED) is 0.839. The Morgan fingerprint density at radius 1 is 1.19 bits per heavy atom. The summed E-state index contributed by atoms with van der Waals surface area (Å²) in [6, 6.07) is 7.24. The zero-order valence-corrected chi connectivity index (χ0v) is 14.1. The van der Waals surface area contributed by atoms with Crippen molar-refractivity contribution in [3.63, 3.8) is 0 Å². The van der Waals surface area contributed by atoms with E-state index in [1.165, 1.54) is 16.9 Å². The van der Waals surface area contributed by atoms with Gasteiger partial charge in [-0.15, -0.1) is 0 Å². The molecule has 0 unspecified atom stereocenters. The van der Waals surface area contributed by atoms with E-state index in [0.29, 0.717) is 12.0 Å². The minimum Gasteiger partial charge on any atom is -0.328 e. The van der Waals surface area contributed by atoms with Gasteiger partial charge in [-0.1, -0.05) is 40.7 Å². The molecule has 1 heterocycles. The molecular formula is C18H29N3. The highest BCUT2D eigenvalue weighted by atomic mass is 15.1. The summed E-state index contributed by atoms with van der Waals surface area (Å²) >= 11 is 0. The molecule has 3 heteroatoms. The van der Waals surface area contributed by atoms with E-state index in [2.05, 4.69) is 62.7 Å². The number of imidazole rings is 1. The van der Waals surface area contributed by atoms with Crippen molar-refractivity contribution in [2.24, 2.45) is 5.92 Å². The summed E-state index contributed by atoms with van der Waals surface area (Å²) < 4.78 is 2.40. The monoisotopic (exact) mass is 287 g/mol. The van der Waals surface area contributed by atoms with E-state index < -0.39 is 0 Å². The molecule has 21 heavy (non-hydrogen) atoms. The molecule has 2 rings (SSSR count). The van der Waals surface area contributed by atoms with Gasteiger partial charge >= 0.3 is 0 Å². The van der Waals surface area contributed by atoms with Gasteiger partial charge in [0.15, 0.2) is 0 Å². The number of aromatic nitrogens is 2. The first kappa shape index (κ1) is 16.0. The normalized spacial score (nSPS) is 12.0. The Morgan fingerprint density at radius 2 is 1.95 bits per heavy atom. The molecule has 0 bridgehead atoms. The molecule has 2 aromatic rings. The molecule has 116 valence electrons. The highest BCUT2D eigenvalue weighted by Gasteiger charge is 2.12. The second kappa shape index (κ2) is 7.08. The van der Waals surface area contributed by atoms with Crippen LogP contribution in [0.25, 0.3) is 11.0 Å². The summed E-state index contributed by atoms with van der Waals surface area (Å²) in [5, 5.41) is 3.49. The van der Waals surface area contributed by atoms with E-state index in [1.807, 2.05) is 0 Å². The van der Waals surface area contributed by atoms with Gasteiger partial charge in [0, 0.05) is 25.6 Å². The number of aryl methyl sites for hydroxylation is 1. The molecule has 0 radical (unpaired) electrons. The standard InChI is InChI=1S/C18H29N3/c1-6-15-7-8-17-16(11-15)20-18(9-10-19-14(4)5)21(17)12-13(2)3/h7-8,11,13-14,19H,6,9-10,12H2,1-5H3. The number of nitrogens with zero attached hydrogens (tertiary/aromatic N) is 2. The van der Waals surface area contributed by atoms with E-state index in [-0.39, 0.29) is 0 Å². The van der Waals surface area contributed by atoms with Crippen molar-refractivity contribution in [1.29, 1.82) is 0 Å². The maximum absolute atomic E-state index is 4.89. The summed E-state index contributed by atoms with van der Waals surface area (Å²) in [6.45, 7) is 13.1. The number of benzene rings is 1. The van der Waals surface area contributed by atoms with Crippen molar-refractivity contribution < 1.29 is 0 Å². The Morgan fingerprint density at radius 3 is 2.57 bits per heavy atom. The molecule has 0 aliphatic heterocycles. The topological polar surface area (TPSA) is 29.9 Å². The second-order valence-corrected chi connectivity index (χ2v) is 6.57. The van der Waals surface area contributed by atoms with E-state index in [9.17, 15) is 0 Å². The predicted octanol–water partition coefficient (Wildman–Crippen LogP) is 3.80. The fourth-order valence-electron chi connectivity index (χ4n) is 2.68. The van der Waals surface area contributed by atoms with Gasteiger partial charge in [-0.05, 0) is 30.0 Å². The van der Waals surface area contributed by atoms with Crippen molar-refractivity contribution in [3.05, 3.63) is 29.6 Å². The molecule has 3 nitrogen and oxygen atoms in total. The average molecular weight is 287 g/mol. The molecule has 0 aliphatic carbocycles. The van der Waals surface area contributed by atoms with Crippen molar-refractivity contribution >= 4 is 11.0 Å². The van der Waals surface area contributed by atoms with Crippen LogP contribution in [0.4, 0.5) is 0 Å². The number of rotatable bonds is 7. The largest absolute Gasteiger partial charge is 0.328 e. The molecule has 0 atom stereocenters. The minimum atomic E-state index is 0.527. The first-order valence-corrected chi connectivity index (χ1v) is 8.22. The molecule has 0 fully saturated rings. The zero-order chi connectivity index (χ0) is 15.4. The van der Waals surface area contributed by atoms with Crippen molar-refractivity contribution in [2.75, 3.05) is 6.54 Å². The van der Waals surface area contributed by atoms with Gasteiger partial charge in [0.25, 0.3) is 0 Å². The summed E-state index contributed by atoms with van der Waals surface area (Å²) in [4.78, 5) is 4.89. The van der Waals surface area contributed by atoms with Crippen LogP contribution in [-0.2, 0) is 19.4 Å². The van der Waals surface area contributed by atoms with Gasteiger partial charge in [-0.3, -0.25) is 0 Å². The Bertz CT molecular complexity index is 581. The number of nitrogens with one attached hydrogen (secondary N) is 1. The summed E-state index contributed by atoms with van der Waals surface area (Å²) in [7, 11) is 0. The van der Waals surface area contributed by atoms with Crippen molar-refractivity contribution in [2.45, 2.75) is 60.0 Å². The molecule has 0 spiro atoms. The summed E-state index contributed by atoms with van der Waals surface area (Å²) in [5.74, 6) is 1.84. The third kappa shape index (κ3) is 4.07. The van der Waals surface area contributed by atoms with Gasteiger partial charge in [-0.25, -0.2) is 4.98 Å². The van der Waals surface area contributed by atoms with Gasteiger partial charge < -0.3 is 9.88 Å². The molecule has 1 N–H and O–H groups in total. The van der Waals surface area contributed by atoms with Crippen LogP contribution in [0.15, 0.2) is 18.2 Å². The fraction of sp³-hybridized carbons (Fsp3) is 0.611. The van der Waals surface area contributed by atoms with Crippen LogP contribution in [0.3, 0.4) is 0 Å². The Labute approximate surface area is 128 Å².